The highest BCUT2D eigenvalue weighted by atomic mass is 32.1. The predicted octanol–water partition coefficient (Wildman–Crippen LogP) is 2.04. The number of rotatable bonds is 3. The molecule has 0 radical (unpaired) electrons. The third kappa shape index (κ3) is 2.19. The minimum absolute atomic E-state index is 0.0471. The van der Waals surface area contributed by atoms with Gasteiger partial charge in [0.25, 0.3) is 0 Å². The summed E-state index contributed by atoms with van der Waals surface area (Å²) in [5.74, 6) is -0.312. The van der Waals surface area contributed by atoms with Gasteiger partial charge in [-0.25, -0.2) is 4.79 Å². The van der Waals surface area contributed by atoms with Crippen LogP contribution in [-0.2, 0) is 9.53 Å². The molecule has 0 amide bonds. The highest BCUT2D eigenvalue weighted by Crippen LogP contribution is 2.44. The fourth-order valence-corrected chi connectivity index (χ4v) is 3.29. The van der Waals surface area contributed by atoms with Crippen molar-refractivity contribution in [3.05, 3.63) is 45.1 Å². The quantitative estimate of drug-likeness (QED) is 0.847. The molecule has 0 aromatic carbocycles. The van der Waals surface area contributed by atoms with Crippen molar-refractivity contribution in [1.29, 1.82) is 0 Å². The van der Waals surface area contributed by atoms with Crippen LogP contribution in [0.3, 0.4) is 0 Å². The average molecular weight is 305 g/mol. The number of nitrogens with two attached hydrogens (primary N) is 1. The first-order valence-corrected chi connectivity index (χ1v) is 7.44. The number of ether oxygens (including phenoxy) is 2. The normalized spacial score (nSPS) is 17.3. The molecule has 6 nitrogen and oxygen atoms in total. The van der Waals surface area contributed by atoms with Crippen molar-refractivity contribution in [3.63, 3.8) is 0 Å². The Morgan fingerprint density at radius 1 is 1.62 bits per heavy atom. The highest BCUT2D eigenvalue weighted by Gasteiger charge is 2.38. The molecule has 0 spiro atoms. The third-order valence-corrected chi connectivity index (χ3v) is 4.27. The minimum Gasteiger partial charge on any atom is -0.462 e. The molecule has 1 aliphatic rings. The van der Waals surface area contributed by atoms with Crippen molar-refractivity contribution >= 4 is 17.3 Å². The van der Waals surface area contributed by atoms with Gasteiger partial charge in [0.2, 0.25) is 11.8 Å². The van der Waals surface area contributed by atoms with Crippen LogP contribution in [0.25, 0.3) is 0 Å². The number of thiophene rings is 1. The molecule has 21 heavy (non-hydrogen) atoms. The summed E-state index contributed by atoms with van der Waals surface area (Å²) in [6.45, 7) is 3.93. The first-order valence-electron chi connectivity index (χ1n) is 6.56. The summed E-state index contributed by atoms with van der Waals surface area (Å²) in [5, 5.41) is 8.93. The molecule has 3 N–H and O–H groups in total. The van der Waals surface area contributed by atoms with E-state index >= 15 is 0 Å². The molecule has 7 heteroatoms. The number of fused-ring (bicyclic) bond motifs is 1. The Morgan fingerprint density at radius 3 is 3.10 bits per heavy atom. The Balaban J connectivity index is 2.16. The number of hydrogen-bond donors (Lipinski definition) is 2. The fourth-order valence-electron chi connectivity index (χ4n) is 2.45. The number of carbonyl (C=O) groups excluding carboxylic acids is 1. The van der Waals surface area contributed by atoms with Gasteiger partial charge in [0.05, 0.1) is 18.1 Å². The molecule has 0 unspecified atom stereocenters. The molecule has 3 rings (SSSR count). The van der Waals surface area contributed by atoms with E-state index in [0.717, 1.165) is 16.1 Å². The Kier molecular flexibility index (Phi) is 3.42. The van der Waals surface area contributed by atoms with Gasteiger partial charge in [0.1, 0.15) is 5.57 Å². The van der Waals surface area contributed by atoms with Crippen LogP contribution >= 0.6 is 11.3 Å². The first-order chi connectivity index (χ1) is 10.1. The van der Waals surface area contributed by atoms with E-state index in [1.165, 1.54) is 0 Å². The lowest BCUT2D eigenvalue weighted by atomic mass is 9.88. The Labute approximate surface area is 125 Å². The molecule has 0 aliphatic carbocycles. The van der Waals surface area contributed by atoms with Crippen LogP contribution in [-0.4, -0.2) is 22.8 Å². The Hall–Kier alpha value is -2.28. The maximum Gasteiger partial charge on any atom is 0.340 e. The van der Waals surface area contributed by atoms with Gasteiger partial charge in [-0.3, -0.25) is 5.10 Å². The zero-order valence-electron chi connectivity index (χ0n) is 11.7. The lowest BCUT2D eigenvalue weighted by Crippen LogP contribution is -2.27. The van der Waals surface area contributed by atoms with Crippen LogP contribution in [0.2, 0.25) is 0 Å². The molecular weight excluding hydrogens is 290 g/mol. The molecule has 3 heterocycles. The van der Waals surface area contributed by atoms with E-state index in [0.29, 0.717) is 11.5 Å². The average Bonchev–Trinajstić information content (AvgIpc) is 3.08. The van der Waals surface area contributed by atoms with Crippen LogP contribution < -0.4 is 10.5 Å². The van der Waals surface area contributed by atoms with Crippen LogP contribution in [0.1, 0.15) is 29.0 Å². The molecular formula is C14H15N3O3S. The summed E-state index contributed by atoms with van der Waals surface area (Å²) < 4.78 is 10.6. The van der Waals surface area contributed by atoms with Crippen LogP contribution in [0, 0.1) is 6.92 Å². The summed E-state index contributed by atoms with van der Waals surface area (Å²) in [6.07, 6.45) is 0. The van der Waals surface area contributed by atoms with E-state index in [2.05, 4.69) is 10.2 Å². The van der Waals surface area contributed by atoms with Crippen LogP contribution in [0.4, 0.5) is 0 Å². The minimum atomic E-state index is -0.459. The Morgan fingerprint density at radius 2 is 2.43 bits per heavy atom. The summed E-state index contributed by atoms with van der Waals surface area (Å²) in [7, 11) is 0. The number of hydrogen-bond acceptors (Lipinski definition) is 6. The van der Waals surface area contributed by atoms with Gasteiger partial charge in [-0.15, -0.1) is 16.4 Å². The molecule has 0 bridgehead atoms. The Bertz CT molecular complexity index is 703. The topological polar surface area (TPSA) is 90.2 Å². The number of carbonyl (C=O) groups is 1. The second kappa shape index (κ2) is 5.25. The first kappa shape index (κ1) is 13.7. The lowest BCUT2D eigenvalue weighted by Gasteiger charge is -2.24. The zero-order valence-corrected chi connectivity index (χ0v) is 12.5. The van der Waals surface area contributed by atoms with E-state index in [1.54, 1.807) is 18.3 Å². The number of aromatic nitrogens is 2. The fraction of sp³-hybridized carbons (Fsp3) is 0.286. The third-order valence-electron chi connectivity index (χ3n) is 3.33. The molecule has 0 saturated heterocycles. The van der Waals surface area contributed by atoms with E-state index in [4.69, 9.17) is 15.2 Å². The van der Waals surface area contributed by atoms with E-state index in [-0.39, 0.29) is 18.4 Å². The van der Waals surface area contributed by atoms with Gasteiger partial charge in [-0.1, -0.05) is 6.07 Å². The van der Waals surface area contributed by atoms with Crippen molar-refractivity contribution in [3.8, 4) is 5.88 Å². The van der Waals surface area contributed by atoms with Crippen molar-refractivity contribution in [2.24, 2.45) is 5.73 Å². The van der Waals surface area contributed by atoms with E-state index in [1.807, 2.05) is 24.4 Å². The summed E-state index contributed by atoms with van der Waals surface area (Å²) in [5.41, 5.74) is 7.94. The summed E-state index contributed by atoms with van der Waals surface area (Å²) in [6, 6.07) is 3.90. The summed E-state index contributed by atoms with van der Waals surface area (Å²) in [4.78, 5) is 13.3. The number of esters is 1. The maximum absolute atomic E-state index is 12.3. The predicted molar refractivity (Wildman–Crippen MR) is 78.0 cm³/mol. The number of aromatic amines is 1. The smallest absolute Gasteiger partial charge is 0.340 e. The van der Waals surface area contributed by atoms with Gasteiger partial charge < -0.3 is 15.2 Å². The van der Waals surface area contributed by atoms with Crippen molar-refractivity contribution < 1.29 is 14.3 Å². The number of aryl methyl sites for hydroxylation is 1. The van der Waals surface area contributed by atoms with E-state index < -0.39 is 5.97 Å². The van der Waals surface area contributed by atoms with Gasteiger partial charge in [0, 0.05) is 10.6 Å². The van der Waals surface area contributed by atoms with Crippen LogP contribution in [0.15, 0.2) is 29.0 Å². The van der Waals surface area contributed by atoms with Gasteiger partial charge in [0.15, 0.2) is 0 Å². The van der Waals surface area contributed by atoms with Gasteiger partial charge in [-0.05, 0) is 25.3 Å². The van der Waals surface area contributed by atoms with Crippen molar-refractivity contribution in [1.82, 2.24) is 10.2 Å². The number of H-pyrrole nitrogens is 1. The zero-order chi connectivity index (χ0) is 15.0. The highest BCUT2D eigenvalue weighted by molar-refractivity contribution is 7.10. The standard InChI is InChI=1S/C14H15N3O3S/c1-3-19-14(18)11-10(8-5-4-6-21-8)9-7(2)16-17-13(9)20-12(11)15/h4-6,10H,3,15H2,1-2H3,(H,16,17)/t10-/m0/s1. The summed E-state index contributed by atoms with van der Waals surface area (Å²) >= 11 is 1.55. The number of nitrogens with one attached hydrogen (secondary N) is 1. The second-order valence-corrected chi connectivity index (χ2v) is 5.60. The lowest BCUT2D eigenvalue weighted by molar-refractivity contribution is -0.139. The van der Waals surface area contributed by atoms with Gasteiger partial charge >= 0.3 is 5.97 Å². The van der Waals surface area contributed by atoms with Crippen molar-refractivity contribution in [2.75, 3.05) is 6.61 Å². The van der Waals surface area contributed by atoms with E-state index in [9.17, 15) is 4.79 Å². The molecule has 2 aromatic heterocycles. The molecule has 0 saturated carbocycles. The SMILES string of the molecule is CCOC(=O)C1=C(N)Oc2n[nH]c(C)c2[C@@H]1c1cccs1. The molecule has 110 valence electrons. The van der Waals surface area contributed by atoms with Crippen molar-refractivity contribution in [2.45, 2.75) is 19.8 Å². The number of nitrogens with zero attached hydrogens (tertiary/aromatic N) is 1. The molecule has 1 aliphatic heterocycles. The monoisotopic (exact) mass is 305 g/mol. The largest absolute Gasteiger partial charge is 0.462 e. The molecule has 0 fully saturated rings. The van der Waals surface area contributed by atoms with Gasteiger partial charge in [-0.2, -0.15) is 0 Å². The second-order valence-electron chi connectivity index (χ2n) is 4.62. The molecule has 2 aromatic rings. The maximum atomic E-state index is 12.3. The molecule has 1 atom stereocenters. The van der Waals surface area contributed by atoms with Crippen LogP contribution in [0.5, 0.6) is 5.88 Å².